The molecule has 0 saturated heterocycles. The Morgan fingerprint density at radius 3 is 2.65 bits per heavy atom. The molecule has 98 valence electrons. The number of rotatable bonds is 4. The second kappa shape index (κ2) is 5.46. The van der Waals surface area contributed by atoms with Gasteiger partial charge in [-0.2, -0.15) is 0 Å². The van der Waals surface area contributed by atoms with Gasteiger partial charge in [0.2, 0.25) is 0 Å². The number of hydrogen-bond acceptors (Lipinski definition) is 4. The summed E-state index contributed by atoms with van der Waals surface area (Å²) in [6, 6.07) is -0.868. The van der Waals surface area contributed by atoms with Crippen LogP contribution in [0.25, 0.3) is 0 Å². The Labute approximate surface area is 101 Å². The molecule has 1 aliphatic rings. The second-order valence-electron chi connectivity index (χ2n) is 4.85. The number of ether oxygens (including phenoxy) is 1. The van der Waals surface area contributed by atoms with Crippen molar-refractivity contribution < 1.29 is 14.3 Å². The third-order valence-corrected chi connectivity index (χ3v) is 3.23. The Morgan fingerprint density at radius 2 is 2.24 bits per heavy atom. The molecule has 5 N–H and O–H groups in total. The van der Waals surface area contributed by atoms with E-state index in [1.54, 1.807) is 6.92 Å². The standard InChI is InChI=1S/C11H21N3O3/c1-7-3-4-11(5-7,6-12)17-8(2)9(15)14-10(13)16/h7-8H,3-6,12H2,1-2H3,(H3,13,14,15,16). The molecule has 0 aromatic heterocycles. The van der Waals surface area contributed by atoms with Crippen molar-refractivity contribution in [1.82, 2.24) is 5.32 Å². The number of nitrogens with one attached hydrogen (secondary N) is 1. The normalized spacial score (nSPS) is 29.9. The zero-order valence-electron chi connectivity index (χ0n) is 10.4. The fourth-order valence-corrected chi connectivity index (χ4v) is 2.34. The van der Waals surface area contributed by atoms with E-state index in [4.69, 9.17) is 16.2 Å². The number of amides is 3. The molecule has 1 aliphatic carbocycles. The lowest BCUT2D eigenvalue weighted by molar-refractivity contribution is -0.143. The summed E-state index contributed by atoms with van der Waals surface area (Å²) >= 11 is 0. The van der Waals surface area contributed by atoms with Crippen molar-refractivity contribution in [1.29, 1.82) is 0 Å². The number of carbonyl (C=O) groups is 2. The van der Waals surface area contributed by atoms with Crippen LogP contribution in [0.4, 0.5) is 4.79 Å². The van der Waals surface area contributed by atoms with Gasteiger partial charge in [0.05, 0.1) is 5.60 Å². The van der Waals surface area contributed by atoms with Crippen LogP contribution in [0.3, 0.4) is 0 Å². The fraction of sp³-hybridized carbons (Fsp3) is 0.818. The summed E-state index contributed by atoms with van der Waals surface area (Å²) in [6.45, 7) is 4.11. The molecule has 17 heavy (non-hydrogen) atoms. The summed E-state index contributed by atoms with van der Waals surface area (Å²) in [7, 11) is 0. The van der Waals surface area contributed by atoms with Gasteiger partial charge in [-0.1, -0.05) is 6.92 Å². The summed E-state index contributed by atoms with van der Waals surface area (Å²) < 4.78 is 5.74. The van der Waals surface area contributed by atoms with Crippen molar-refractivity contribution in [3.8, 4) is 0 Å². The first kappa shape index (κ1) is 13.9. The van der Waals surface area contributed by atoms with E-state index in [0.717, 1.165) is 19.3 Å². The Bertz CT molecular complexity index is 308. The maximum atomic E-state index is 11.5. The minimum absolute atomic E-state index is 0.380. The maximum absolute atomic E-state index is 11.5. The predicted octanol–water partition coefficient (Wildman–Crippen LogP) is 0.104. The average Bonchev–Trinajstić information content (AvgIpc) is 2.59. The van der Waals surface area contributed by atoms with E-state index in [2.05, 4.69) is 6.92 Å². The molecule has 0 radical (unpaired) electrons. The van der Waals surface area contributed by atoms with Crippen LogP contribution in [0.5, 0.6) is 0 Å². The maximum Gasteiger partial charge on any atom is 0.318 e. The number of carbonyl (C=O) groups excluding carboxylic acids is 2. The van der Waals surface area contributed by atoms with Gasteiger partial charge < -0.3 is 16.2 Å². The van der Waals surface area contributed by atoms with Gasteiger partial charge in [0.25, 0.3) is 5.91 Å². The van der Waals surface area contributed by atoms with E-state index in [0.29, 0.717) is 12.5 Å². The Balaban J connectivity index is 2.56. The van der Waals surface area contributed by atoms with E-state index in [1.165, 1.54) is 0 Å². The molecule has 0 bridgehead atoms. The van der Waals surface area contributed by atoms with Crippen LogP contribution in [-0.2, 0) is 9.53 Å². The van der Waals surface area contributed by atoms with Crippen molar-refractivity contribution in [2.24, 2.45) is 17.4 Å². The minimum atomic E-state index is -0.868. The first-order chi connectivity index (χ1) is 7.88. The summed E-state index contributed by atoms with van der Waals surface area (Å²) in [6.07, 6.45) is 2.01. The van der Waals surface area contributed by atoms with Crippen LogP contribution >= 0.6 is 0 Å². The van der Waals surface area contributed by atoms with E-state index >= 15 is 0 Å². The first-order valence-electron chi connectivity index (χ1n) is 5.87. The molecule has 1 rings (SSSR count). The van der Waals surface area contributed by atoms with Crippen LogP contribution in [0.15, 0.2) is 0 Å². The van der Waals surface area contributed by atoms with Gasteiger partial charge in [0.15, 0.2) is 0 Å². The molecule has 0 aromatic carbocycles. The van der Waals surface area contributed by atoms with Crippen molar-refractivity contribution in [3.63, 3.8) is 0 Å². The summed E-state index contributed by atoms with van der Waals surface area (Å²) in [5.74, 6) is 0.0230. The molecular formula is C11H21N3O3. The highest BCUT2D eigenvalue weighted by atomic mass is 16.5. The van der Waals surface area contributed by atoms with Gasteiger partial charge in [-0.05, 0) is 32.1 Å². The highest BCUT2D eigenvalue weighted by molar-refractivity contribution is 5.95. The van der Waals surface area contributed by atoms with E-state index in [9.17, 15) is 9.59 Å². The number of primary amides is 1. The van der Waals surface area contributed by atoms with Crippen LogP contribution in [0.1, 0.15) is 33.1 Å². The van der Waals surface area contributed by atoms with Gasteiger partial charge in [-0.15, -0.1) is 0 Å². The Kier molecular flexibility index (Phi) is 4.47. The number of hydrogen-bond donors (Lipinski definition) is 3. The Morgan fingerprint density at radius 1 is 1.59 bits per heavy atom. The quantitative estimate of drug-likeness (QED) is 0.651. The van der Waals surface area contributed by atoms with Gasteiger partial charge in [-0.3, -0.25) is 10.1 Å². The number of urea groups is 1. The van der Waals surface area contributed by atoms with E-state index < -0.39 is 23.6 Å². The molecule has 6 nitrogen and oxygen atoms in total. The Hall–Kier alpha value is -1.14. The van der Waals surface area contributed by atoms with Crippen LogP contribution in [-0.4, -0.2) is 30.2 Å². The highest BCUT2D eigenvalue weighted by Crippen LogP contribution is 2.37. The first-order valence-corrected chi connectivity index (χ1v) is 5.87. The zero-order chi connectivity index (χ0) is 13.1. The lowest BCUT2D eigenvalue weighted by atomic mass is 10.0. The second-order valence-corrected chi connectivity index (χ2v) is 4.85. The third kappa shape index (κ3) is 3.67. The van der Waals surface area contributed by atoms with Gasteiger partial charge in [-0.25, -0.2) is 4.79 Å². The molecule has 0 heterocycles. The molecule has 0 aliphatic heterocycles. The van der Waals surface area contributed by atoms with Crippen molar-refractivity contribution >= 4 is 11.9 Å². The molecule has 1 saturated carbocycles. The topological polar surface area (TPSA) is 107 Å². The molecule has 3 amide bonds. The lowest BCUT2D eigenvalue weighted by Gasteiger charge is -2.31. The smallest absolute Gasteiger partial charge is 0.318 e. The average molecular weight is 243 g/mol. The number of nitrogens with two attached hydrogens (primary N) is 2. The molecular weight excluding hydrogens is 222 g/mol. The van der Waals surface area contributed by atoms with Crippen LogP contribution < -0.4 is 16.8 Å². The van der Waals surface area contributed by atoms with Crippen molar-refractivity contribution in [2.45, 2.75) is 44.8 Å². The molecule has 3 unspecified atom stereocenters. The summed E-state index contributed by atoms with van der Waals surface area (Å²) in [5.41, 5.74) is 10.2. The van der Waals surface area contributed by atoms with Gasteiger partial charge in [0, 0.05) is 6.54 Å². The monoisotopic (exact) mass is 243 g/mol. The lowest BCUT2D eigenvalue weighted by Crippen LogP contribution is -2.47. The van der Waals surface area contributed by atoms with E-state index in [1.807, 2.05) is 5.32 Å². The summed E-state index contributed by atoms with van der Waals surface area (Å²) in [5, 5.41) is 2.00. The van der Waals surface area contributed by atoms with Crippen LogP contribution in [0.2, 0.25) is 0 Å². The van der Waals surface area contributed by atoms with E-state index in [-0.39, 0.29) is 0 Å². The molecule has 3 atom stereocenters. The molecule has 6 heteroatoms. The highest BCUT2D eigenvalue weighted by Gasteiger charge is 2.39. The molecule has 1 fully saturated rings. The van der Waals surface area contributed by atoms with Crippen molar-refractivity contribution in [2.75, 3.05) is 6.54 Å². The largest absolute Gasteiger partial charge is 0.361 e. The van der Waals surface area contributed by atoms with Crippen molar-refractivity contribution in [3.05, 3.63) is 0 Å². The van der Waals surface area contributed by atoms with Gasteiger partial charge >= 0.3 is 6.03 Å². The minimum Gasteiger partial charge on any atom is -0.361 e. The number of imide groups is 1. The zero-order valence-corrected chi connectivity index (χ0v) is 10.4. The van der Waals surface area contributed by atoms with Crippen LogP contribution in [0, 0.1) is 5.92 Å². The molecule has 0 spiro atoms. The predicted molar refractivity (Wildman–Crippen MR) is 63.1 cm³/mol. The fourth-order valence-electron chi connectivity index (χ4n) is 2.34. The third-order valence-electron chi connectivity index (χ3n) is 3.23. The van der Waals surface area contributed by atoms with Gasteiger partial charge in [0.1, 0.15) is 6.10 Å². The summed E-state index contributed by atoms with van der Waals surface area (Å²) in [4.78, 5) is 22.1. The SMILES string of the molecule is CC1CCC(CN)(OC(C)C(=O)NC(N)=O)C1. The molecule has 0 aromatic rings.